The van der Waals surface area contributed by atoms with Crippen molar-refractivity contribution in [3.05, 3.63) is 78.5 Å². The number of hydrogen-bond donors (Lipinski definition) is 1. The minimum absolute atomic E-state index is 0.166. The first-order valence-corrected chi connectivity index (χ1v) is 13.3. The molecule has 4 heterocycles. The summed E-state index contributed by atoms with van der Waals surface area (Å²) in [6, 6.07) is 13.2. The number of benzene rings is 2. The first kappa shape index (κ1) is 26.9. The summed E-state index contributed by atoms with van der Waals surface area (Å²) in [5.41, 5.74) is 1.60. The summed E-state index contributed by atoms with van der Waals surface area (Å²) in [4.78, 5) is 43.7. The maximum Gasteiger partial charge on any atom is 0.416 e. The van der Waals surface area contributed by atoms with Gasteiger partial charge in [-0.1, -0.05) is 6.07 Å². The Morgan fingerprint density at radius 3 is 2.62 bits per heavy atom. The lowest BCUT2D eigenvalue weighted by Crippen LogP contribution is -2.61. The average molecular weight is 572 g/mol. The average Bonchev–Trinajstić information content (AvgIpc) is 3.72. The van der Waals surface area contributed by atoms with Crippen LogP contribution in [0.2, 0.25) is 0 Å². The van der Waals surface area contributed by atoms with Gasteiger partial charge in [-0.15, -0.1) is 0 Å². The number of carbonyl (C=O) groups is 2. The number of imidazole rings is 1. The fourth-order valence-electron chi connectivity index (χ4n) is 4.79. The molecule has 1 fully saturated rings. The van der Waals surface area contributed by atoms with Gasteiger partial charge in [-0.2, -0.15) is 4.98 Å². The molecule has 216 valence electrons. The second kappa shape index (κ2) is 11.6. The van der Waals surface area contributed by atoms with Crippen LogP contribution >= 0.6 is 0 Å². The number of piperazine rings is 1. The van der Waals surface area contributed by atoms with Crippen molar-refractivity contribution in [3.63, 3.8) is 0 Å². The highest BCUT2D eigenvalue weighted by Crippen LogP contribution is 2.32. The first-order valence-electron chi connectivity index (χ1n) is 13.3. The van der Waals surface area contributed by atoms with E-state index in [0.29, 0.717) is 41.3 Å². The minimum Gasteiger partial charge on any atom is -0.497 e. The molecule has 2 aliphatic rings. The molecule has 1 saturated heterocycles. The van der Waals surface area contributed by atoms with E-state index in [1.54, 1.807) is 60.7 Å². The van der Waals surface area contributed by atoms with Gasteiger partial charge in [0.2, 0.25) is 18.6 Å². The zero-order valence-corrected chi connectivity index (χ0v) is 23.1. The van der Waals surface area contributed by atoms with Crippen molar-refractivity contribution in [2.24, 2.45) is 0 Å². The standard InChI is InChI=1S/C29H29N7O6/c1-19-13-26(33-28(32-19)35-10-9-30-17-35)34-11-12-36(29(38)42-22-6-4-21(39-2)5-7-22)23(16-34)27(37)31-15-20-3-8-24-25(14-20)41-18-40-24/h3-10,13-14,17,23H,11-12,15-16,18H2,1-2H3,(H,31,37). The van der Waals surface area contributed by atoms with Gasteiger partial charge in [0, 0.05) is 50.3 Å². The largest absolute Gasteiger partial charge is 0.497 e. The lowest BCUT2D eigenvalue weighted by molar-refractivity contribution is -0.126. The third kappa shape index (κ3) is 5.75. The summed E-state index contributed by atoms with van der Waals surface area (Å²) < 4.78 is 23.4. The van der Waals surface area contributed by atoms with E-state index in [2.05, 4.69) is 15.3 Å². The number of nitrogens with one attached hydrogen (secondary N) is 1. The van der Waals surface area contributed by atoms with Crippen molar-refractivity contribution < 1.29 is 28.5 Å². The molecule has 0 bridgehead atoms. The first-order chi connectivity index (χ1) is 20.5. The van der Waals surface area contributed by atoms with E-state index < -0.39 is 12.1 Å². The number of aryl methyl sites for hydroxylation is 1. The number of nitrogens with zero attached hydrogens (tertiary/aromatic N) is 6. The predicted octanol–water partition coefficient (Wildman–Crippen LogP) is 2.71. The molecule has 2 aromatic carbocycles. The molecule has 1 unspecified atom stereocenters. The molecule has 0 radical (unpaired) electrons. The van der Waals surface area contributed by atoms with Crippen molar-refractivity contribution >= 4 is 17.8 Å². The van der Waals surface area contributed by atoms with Crippen LogP contribution in [0.4, 0.5) is 10.6 Å². The van der Waals surface area contributed by atoms with Gasteiger partial charge in [0.25, 0.3) is 0 Å². The number of rotatable bonds is 7. The molecule has 2 aliphatic heterocycles. The van der Waals surface area contributed by atoms with Crippen LogP contribution in [0.5, 0.6) is 23.0 Å². The number of amides is 2. The van der Waals surface area contributed by atoms with Crippen LogP contribution in [-0.2, 0) is 11.3 Å². The van der Waals surface area contributed by atoms with Crippen molar-refractivity contribution in [2.45, 2.75) is 19.5 Å². The Kier molecular flexibility index (Phi) is 7.45. The van der Waals surface area contributed by atoms with Gasteiger partial charge < -0.3 is 29.2 Å². The topological polar surface area (TPSA) is 133 Å². The lowest BCUT2D eigenvalue weighted by Gasteiger charge is -2.40. The monoisotopic (exact) mass is 571 g/mol. The summed E-state index contributed by atoms with van der Waals surface area (Å²) >= 11 is 0. The highest BCUT2D eigenvalue weighted by Gasteiger charge is 2.37. The van der Waals surface area contributed by atoms with Gasteiger partial charge in [-0.05, 0) is 48.9 Å². The Balaban J connectivity index is 1.22. The van der Waals surface area contributed by atoms with E-state index in [-0.39, 0.29) is 32.3 Å². The van der Waals surface area contributed by atoms with E-state index >= 15 is 0 Å². The molecule has 4 aromatic rings. The van der Waals surface area contributed by atoms with Crippen molar-refractivity contribution in [1.82, 2.24) is 29.7 Å². The van der Waals surface area contributed by atoms with E-state index in [1.165, 1.54) is 4.90 Å². The van der Waals surface area contributed by atoms with Crippen LogP contribution in [0.1, 0.15) is 11.3 Å². The fourth-order valence-corrected chi connectivity index (χ4v) is 4.79. The number of anilines is 1. The third-order valence-electron chi connectivity index (χ3n) is 6.97. The van der Waals surface area contributed by atoms with E-state index in [1.807, 2.05) is 30.0 Å². The third-order valence-corrected chi connectivity index (χ3v) is 6.97. The maximum absolute atomic E-state index is 13.6. The quantitative estimate of drug-likeness (QED) is 0.353. The van der Waals surface area contributed by atoms with Crippen molar-refractivity contribution in [3.8, 4) is 28.9 Å². The van der Waals surface area contributed by atoms with E-state index in [4.69, 9.17) is 23.9 Å². The molecular formula is C29H29N7O6. The maximum atomic E-state index is 13.6. The lowest BCUT2D eigenvalue weighted by atomic mass is 10.1. The number of aromatic nitrogens is 4. The number of carbonyl (C=O) groups excluding carboxylic acids is 2. The van der Waals surface area contributed by atoms with Crippen LogP contribution in [0.25, 0.3) is 5.95 Å². The predicted molar refractivity (Wildman–Crippen MR) is 150 cm³/mol. The second-order valence-corrected chi connectivity index (χ2v) is 9.74. The van der Waals surface area contributed by atoms with Crippen LogP contribution in [0, 0.1) is 6.92 Å². The summed E-state index contributed by atoms with van der Waals surface area (Å²) in [5, 5.41) is 2.97. The fraction of sp³-hybridized carbons (Fsp3) is 0.276. The Morgan fingerprint density at radius 1 is 1.02 bits per heavy atom. The van der Waals surface area contributed by atoms with Crippen LogP contribution in [-0.4, -0.2) is 76.0 Å². The highest BCUT2D eigenvalue weighted by molar-refractivity contribution is 5.87. The van der Waals surface area contributed by atoms with Crippen LogP contribution < -0.4 is 29.2 Å². The molecule has 13 nitrogen and oxygen atoms in total. The van der Waals surface area contributed by atoms with Gasteiger partial charge in [0.15, 0.2) is 11.5 Å². The highest BCUT2D eigenvalue weighted by atomic mass is 16.7. The summed E-state index contributed by atoms with van der Waals surface area (Å²) in [7, 11) is 1.56. The minimum atomic E-state index is -0.856. The van der Waals surface area contributed by atoms with Crippen molar-refractivity contribution in [2.75, 3.05) is 38.4 Å². The summed E-state index contributed by atoms with van der Waals surface area (Å²) in [6.45, 7) is 3.16. The SMILES string of the molecule is COc1ccc(OC(=O)N2CCN(c3cc(C)nc(-n4ccnc4)n3)CC2C(=O)NCc2ccc3c(c2)OCO3)cc1. The van der Waals surface area contributed by atoms with Crippen LogP contribution in [0.3, 0.4) is 0 Å². The molecule has 42 heavy (non-hydrogen) atoms. The molecule has 2 aromatic heterocycles. The molecular weight excluding hydrogens is 542 g/mol. The number of methoxy groups -OCH3 is 1. The zero-order chi connectivity index (χ0) is 29.1. The Morgan fingerprint density at radius 2 is 1.83 bits per heavy atom. The molecule has 1 N–H and O–H groups in total. The van der Waals surface area contributed by atoms with E-state index in [9.17, 15) is 9.59 Å². The normalized spacial score (nSPS) is 15.8. The van der Waals surface area contributed by atoms with Gasteiger partial charge in [-0.3, -0.25) is 14.3 Å². The van der Waals surface area contributed by atoms with E-state index in [0.717, 1.165) is 11.3 Å². The molecule has 0 spiro atoms. The van der Waals surface area contributed by atoms with Gasteiger partial charge in [-0.25, -0.2) is 14.8 Å². The molecule has 2 amide bonds. The molecule has 0 aliphatic carbocycles. The second-order valence-electron chi connectivity index (χ2n) is 9.74. The van der Waals surface area contributed by atoms with Gasteiger partial charge >= 0.3 is 6.09 Å². The Labute approximate surface area is 241 Å². The zero-order valence-electron chi connectivity index (χ0n) is 23.1. The summed E-state index contributed by atoms with van der Waals surface area (Å²) in [5.74, 6) is 3.05. The molecule has 1 atom stereocenters. The smallest absolute Gasteiger partial charge is 0.416 e. The number of hydrogen-bond acceptors (Lipinski definition) is 10. The van der Waals surface area contributed by atoms with Gasteiger partial charge in [0.05, 0.1) is 7.11 Å². The molecule has 0 saturated carbocycles. The molecule has 13 heteroatoms. The Hall–Kier alpha value is -5.33. The van der Waals surface area contributed by atoms with Crippen LogP contribution in [0.15, 0.2) is 67.3 Å². The van der Waals surface area contributed by atoms with Crippen molar-refractivity contribution in [1.29, 1.82) is 0 Å². The number of ether oxygens (including phenoxy) is 4. The summed E-state index contributed by atoms with van der Waals surface area (Å²) in [6.07, 6.45) is 4.41. The Bertz CT molecular complexity index is 1580. The van der Waals surface area contributed by atoms with Gasteiger partial charge in [0.1, 0.15) is 29.7 Å². The molecule has 6 rings (SSSR count). The number of fused-ring (bicyclic) bond motifs is 1.